The highest BCUT2D eigenvalue weighted by molar-refractivity contribution is 7.11. The molecule has 1 aromatic carbocycles. The van der Waals surface area contributed by atoms with Gasteiger partial charge in [-0.2, -0.15) is 0 Å². The number of benzene rings is 1. The number of hydrogen-bond donors (Lipinski definition) is 0. The molecule has 0 bridgehead atoms. The minimum absolute atomic E-state index is 0.113. The molecule has 1 aromatic heterocycles. The molecule has 0 aliphatic carbocycles. The van der Waals surface area contributed by atoms with Crippen molar-refractivity contribution in [2.45, 2.75) is 26.5 Å². The average Bonchev–Trinajstić information content (AvgIpc) is 2.87. The van der Waals surface area contributed by atoms with E-state index in [0.29, 0.717) is 6.54 Å². The lowest BCUT2D eigenvalue weighted by molar-refractivity contribution is -0.137. The Labute approximate surface area is 131 Å². The van der Waals surface area contributed by atoms with E-state index in [1.54, 1.807) is 20.2 Å². The van der Waals surface area contributed by atoms with Gasteiger partial charge in [-0.1, -0.05) is 0 Å². The van der Waals surface area contributed by atoms with Crippen LogP contribution in [0.25, 0.3) is 0 Å². The van der Waals surface area contributed by atoms with Crippen LogP contribution in [-0.2, 0) is 11.3 Å². The molecule has 4 nitrogen and oxygen atoms in total. The largest absolute Gasteiger partial charge is 0.481 e. The molecule has 0 unspecified atom stereocenters. The summed E-state index contributed by atoms with van der Waals surface area (Å²) in [5.74, 6) is -2.10. The van der Waals surface area contributed by atoms with Crippen molar-refractivity contribution in [1.82, 2.24) is 9.88 Å². The van der Waals surface area contributed by atoms with Crippen molar-refractivity contribution in [3.63, 3.8) is 0 Å². The van der Waals surface area contributed by atoms with Crippen LogP contribution in [0.2, 0.25) is 0 Å². The van der Waals surface area contributed by atoms with Gasteiger partial charge in [0, 0.05) is 24.2 Å². The summed E-state index contributed by atoms with van der Waals surface area (Å²) in [6, 6.07) is 3.17. The van der Waals surface area contributed by atoms with E-state index >= 15 is 0 Å². The minimum atomic E-state index is -1.01. The number of nitrogens with zero attached hydrogens (tertiary/aromatic N) is 2. The summed E-state index contributed by atoms with van der Waals surface area (Å²) in [5.41, 5.74) is 0. The zero-order valence-electron chi connectivity index (χ0n) is 12.5. The van der Waals surface area contributed by atoms with E-state index in [1.807, 2.05) is 6.92 Å². The van der Waals surface area contributed by atoms with E-state index in [0.717, 1.165) is 22.0 Å². The molecular weight excluding hydrogens is 310 g/mol. The SMILES string of the molecule is Cc1ncc(CN(C)C(=O)[C@H](C)Oc2ccc(F)c(F)c2)s1. The molecule has 0 saturated heterocycles. The second-order valence-corrected chi connectivity index (χ2v) is 6.20. The highest BCUT2D eigenvalue weighted by Gasteiger charge is 2.20. The fraction of sp³-hybridized carbons (Fsp3) is 0.333. The zero-order valence-corrected chi connectivity index (χ0v) is 13.3. The van der Waals surface area contributed by atoms with E-state index < -0.39 is 17.7 Å². The van der Waals surface area contributed by atoms with Gasteiger partial charge >= 0.3 is 0 Å². The van der Waals surface area contributed by atoms with Crippen LogP contribution in [-0.4, -0.2) is 28.9 Å². The molecule has 7 heteroatoms. The number of halogens is 2. The summed E-state index contributed by atoms with van der Waals surface area (Å²) in [6.45, 7) is 3.89. The van der Waals surface area contributed by atoms with E-state index in [9.17, 15) is 13.6 Å². The Morgan fingerprint density at radius 3 is 2.73 bits per heavy atom. The summed E-state index contributed by atoms with van der Waals surface area (Å²) >= 11 is 1.52. The quantitative estimate of drug-likeness (QED) is 0.848. The first-order valence-electron chi connectivity index (χ1n) is 6.65. The van der Waals surface area contributed by atoms with Gasteiger partial charge in [0.2, 0.25) is 0 Å². The van der Waals surface area contributed by atoms with Crippen LogP contribution in [0.4, 0.5) is 8.78 Å². The van der Waals surface area contributed by atoms with Crippen LogP contribution in [0.3, 0.4) is 0 Å². The maximum absolute atomic E-state index is 13.1. The molecule has 0 fully saturated rings. The lowest BCUT2D eigenvalue weighted by Crippen LogP contribution is -2.37. The Morgan fingerprint density at radius 1 is 1.41 bits per heavy atom. The van der Waals surface area contributed by atoms with Crippen LogP contribution < -0.4 is 4.74 Å². The van der Waals surface area contributed by atoms with Gasteiger partial charge in [-0.3, -0.25) is 4.79 Å². The smallest absolute Gasteiger partial charge is 0.263 e. The number of amides is 1. The van der Waals surface area contributed by atoms with Crippen LogP contribution in [0, 0.1) is 18.6 Å². The van der Waals surface area contributed by atoms with Crippen LogP contribution in [0.5, 0.6) is 5.75 Å². The molecule has 2 rings (SSSR count). The molecule has 0 N–H and O–H groups in total. The highest BCUT2D eigenvalue weighted by Crippen LogP contribution is 2.18. The maximum atomic E-state index is 13.1. The monoisotopic (exact) mass is 326 g/mol. The lowest BCUT2D eigenvalue weighted by Gasteiger charge is -2.21. The summed E-state index contributed by atoms with van der Waals surface area (Å²) in [6.07, 6.45) is 0.925. The summed E-state index contributed by atoms with van der Waals surface area (Å²) in [5, 5.41) is 0.932. The third-order valence-corrected chi connectivity index (χ3v) is 3.89. The molecule has 118 valence electrons. The first kappa shape index (κ1) is 16.4. The van der Waals surface area contributed by atoms with Crippen LogP contribution >= 0.6 is 11.3 Å². The van der Waals surface area contributed by atoms with Gasteiger partial charge < -0.3 is 9.64 Å². The van der Waals surface area contributed by atoms with E-state index in [2.05, 4.69) is 4.98 Å². The minimum Gasteiger partial charge on any atom is -0.481 e. The molecule has 0 aliphatic heterocycles. The number of carbonyl (C=O) groups is 1. The van der Waals surface area contributed by atoms with Crippen molar-refractivity contribution < 1.29 is 18.3 Å². The molecule has 0 aliphatic rings. The lowest BCUT2D eigenvalue weighted by atomic mass is 10.3. The predicted octanol–water partition coefficient (Wildman–Crippen LogP) is 3.16. The Hall–Kier alpha value is -2.02. The Bertz CT molecular complexity index is 675. The fourth-order valence-corrected chi connectivity index (χ4v) is 2.75. The first-order chi connectivity index (χ1) is 10.4. The van der Waals surface area contributed by atoms with Crippen molar-refractivity contribution in [3.8, 4) is 5.75 Å². The van der Waals surface area contributed by atoms with Gasteiger partial charge in [0.05, 0.1) is 11.6 Å². The predicted molar refractivity (Wildman–Crippen MR) is 79.8 cm³/mol. The number of carbonyl (C=O) groups excluding carboxylic acids is 1. The average molecular weight is 326 g/mol. The van der Waals surface area contributed by atoms with Crippen molar-refractivity contribution in [2.24, 2.45) is 0 Å². The standard InChI is InChI=1S/C15H16F2N2O2S/c1-9(21-11-4-5-13(16)14(17)6-11)15(20)19(3)8-12-7-18-10(2)22-12/h4-7,9H,8H2,1-3H3/t9-/m0/s1. The van der Waals surface area contributed by atoms with Gasteiger partial charge in [-0.25, -0.2) is 13.8 Å². The Balaban J connectivity index is 1.97. The molecule has 1 atom stereocenters. The van der Waals surface area contributed by atoms with Crippen molar-refractivity contribution >= 4 is 17.2 Å². The summed E-state index contributed by atoms with van der Waals surface area (Å²) in [4.78, 5) is 18.8. The molecule has 0 saturated carbocycles. The van der Waals surface area contributed by atoms with Gasteiger partial charge in [-0.15, -0.1) is 11.3 Å². The number of likely N-dealkylation sites (N-methyl/N-ethyl adjacent to an activating group) is 1. The van der Waals surface area contributed by atoms with Crippen molar-refractivity contribution in [3.05, 3.63) is 45.9 Å². The van der Waals surface area contributed by atoms with Crippen LogP contribution in [0.15, 0.2) is 24.4 Å². The Kier molecular flexibility index (Phi) is 5.07. The second-order valence-electron chi connectivity index (χ2n) is 4.88. The Morgan fingerprint density at radius 2 is 2.14 bits per heavy atom. The van der Waals surface area contributed by atoms with Crippen molar-refractivity contribution in [2.75, 3.05) is 7.05 Å². The number of aryl methyl sites for hydroxylation is 1. The molecule has 0 radical (unpaired) electrons. The van der Waals surface area contributed by atoms with Gasteiger partial charge in [-0.05, 0) is 26.0 Å². The molecule has 0 spiro atoms. The zero-order chi connectivity index (χ0) is 16.3. The first-order valence-corrected chi connectivity index (χ1v) is 7.46. The fourth-order valence-electron chi connectivity index (χ4n) is 1.91. The van der Waals surface area contributed by atoms with Crippen molar-refractivity contribution in [1.29, 1.82) is 0 Å². The number of aromatic nitrogens is 1. The molecule has 22 heavy (non-hydrogen) atoms. The topological polar surface area (TPSA) is 42.4 Å². The molecule has 1 heterocycles. The summed E-state index contributed by atoms with van der Waals surface area (Å²) in [7, 11) is 1.66. The molecule has 1 amide bonds. The number of ether oxygens (including phenoxy) is 1. The van der Waals surface area contributed by atoms with Gasteiger partial charge in [0.1, 0.15) is 5.75 Å². The van der Waals surface area contributed by atoms with Gasteiger partial charge in [0.15, 0.2) is 17.7 Å². The molecule has 2 aromatic rings. The van der Waals surface area contributed by atoms with E-state index in [1.165, 1.54) is 22.3 Å². The second kappa shape index (κ2) is 6.83. The third-order valence-electron chi connectivity index (χ3n) is 2.99. The molecular formula is C15H16F2N2O2S. The number of hydrogen-bond acceptors (Lipinski definition) is 4. The summed E-state index contributed by atoms with van der Waals surface area (Å²) < 4.78 is 31.3. The third kappa shape index (κ3) is 4.00. The number of rotatable bonds is 5. The number of thiazole rings is 1. The van der Waals surface area contributed by atoms with Gasteiger partial charge in [0.25, 0.3) is 5.91 Å². The normalized spacial score (nSPS) is 12.0. The highest BCUT2D eigenvalue weighted by atomic mass is 32.1. The van der Waals surface area contributed by atoms with E-state index in [-0.39, 0.29) is 11.7 Å². The maximum Gasteiger partial charge on any atom is 0.263 e. The van der Waals surface area contributed by atoms with E-state index in [4.69, 9.17) is 4.74 Å². The van der Waals surface area contributed by atoms with Crippen LogP contribution in [0.1, 0.15) is 16.8 Å².